The third-order valence-electron chi connectivity index (χ3n) is 2.97. The van der Waals surface area contributed by atoms with Gasteiger partial charge in [-0.1, -0.05) is 44.2 Å². The van der Waals surface area contributed by atoms with Crippen molar-refractivity contribution >= 4 is 22.0 Å². The largest absolute Gasteiger partial charge is 0.285 e. The van der Waals surface area contributed by atoms with E-state index in [0.29, 0.717) is 5.92 Å². The van der Waals surface area contributed by atoms with Crippen LogP contribution in [0.1, 0.15) is 35.6 Å². The molecular formula is C16H19N3O3S. The minimum absolute atomic E-state index is 0.0531. The van der Waals surface area contributed by atoms with Crippen molar-refractivity contribution in [2.75, 3.05) is 0 Å². The highest BCUT2D eigenvalue weighted by atomic mass is 32.2. The van der Waals surface area contributed by atoms with Crippen molar-refractivity contribution in [3.8, 4) is 0 Å². The topological polar surface area (TPSA) is 91.9 Å². The lowest BCUT2D eigenvalue weighted by Crippen LogP contribution is -2.29. The Morgan fingerprint density at radius 3 is 2.65 bits per heavy atom. The molecule has 1 heterocycles. The van der Waals surface area contributed by atoms with Crippen molar-refractivity contribution in [1.82, 2.24) is 14.9 Å². The molecule has 0 aliphatic carbocycles. The molecule has 0 radical (unpaired) electrons. The molecule has 0 unspecified atom stereocenters. The lowest BCUT2D eigenvalue weighted by atomic mass is 10.1. The van der Waals surface area contributed by atoms with Crippen LogP contribution in [0.2, 0.25) is 0 Å². The van der Waals surface area contributed by atoms with Gasteiger partial charge in [0.1, 0.15) is 0 Å². The summed E-state index contributed by atoms with van der Waals surface area (Å²) in [5, 5.41) is 7.54. The van der Waals surface area contributed by atoms with Gasteiger partial charge in [0.25, 0.3) is 15.9 Å². The first kappa shape index (κ1) is 17.0. The van der Waals surface area contributed by atoms with Crippen LogP contribution in [0.15, 0.2) is 41.8 Å². The van der Waals surface area contributed by atoms with E-state index in [9.17, 15) is 13.2 Å². The van der Waals surface area contributed by atoms with Gasteiger partial charge in [0.15, 0.2) is 5.69 Å². The molecular weight excluding hydrogens is 314 g/mol. The average molecular weight is 333 g/mol. The van der Waals surface area contributed by atoms with Gasteiger partial charge in [0.05, 0.1) is 5.41 Å². The molecule has 0 aliphatic rings. The van der Waals surface area contributed by atoms with Crippen molar-refractivity contribution in [3.63, 3.8) is 0 Å². The number of rotatable bonds is 6. The lowest BCUT2D eigenvalue weighted by molar-refractivity contribution is 0.0977. The molecule has 2 aromatic rings. The van der Waals surface area contributed by atoms with Crippen molar-refractivity contribution < 1.29 is 13.2 Å². The second-order valence-corrected chi connectivity index (χ2v) is 7.13. The van der Waals surface area contributed by atoms with Crippen molar-refractivity contribution in [3.05, 3.63) is 58.8 Å². The van der Waals surface area contributed by atoms with E-state index in [1.807, 2.05) is 24.6 Å². The number of amides is 1. The van der Waals surface area contributed by atoms with Crippen LogP contribution < -0.4 is 4.72 Å². The lowest BCUT2D eigenvalue weighted by Gasteiger charge is -2.00. The van der Waals surface area contributed by atoms with E-state index in [4.69, 9.17) is 0 Å². The van der Waals surface area contributed by atoms with E-state index in [0.717, 1.165) is 23.1 Å². The smallest absolute Gasteiger partial charge is 0.282 e. The molecule has 0 atom stereocenters. The molecule has 7 heteroatoms. The van der Waals surface area contributed by atoms with Crippen molar-refractivity contribution in [1.29, 1.82) is 0 Å². The van der Waals surface area contributed by atoms with E-state index in [1.165, 1.54) is 6.08 Å². The van der Waals surface area contributed by atoms with E-state index < -0.39 is 15.9 Å². The summed E-state index contributed by atoms with van der Waals surface area (Å²) in [5.41, 5.74) is 1.57. The fraction of sp³-hybridized carbons (Fsp3) is 0.250. The molecule has 122 valence electrons. The van der Waals surface area contributed by atoms with Crippen LogP contribution in [-0.2, 0) is 16.4 Å². The highest BCUT2D eigenvalue weighted by Gasteiger charge is 2.16. The minimum Gasteiger partial charge on any atom is -0.282 e. The summed E-state index contributed by atoms with van der Waals surface area (Å²) in [4.78, 5) is 12.0. The number of aromatic amines is 1. The third kappa shape index (κ3) is 5.37. The first-order chi connectivity index (χ1) is 10.9. The van der Waals surface area contributed by atoms with Gasteiger partial charge in [-0.25, -0.2) is 13.1 Å². The first-order valence-corrected chi connectivity index (χ1v) is 8.75. The molecule has 0 aliphatic heterocycles. The molecule has 0 saturated carbocycles. The Labute approximate surface area is 135 Å². The minimum atomic E-state index is -3.87. The van der Waals surface area contributed by atoms with Crippen LogP contribution in [0.3, 0.4) is 0 Å². The summed E-state index contributed by atoms with van der Waals surface area (Å²) in [6.07, 6.45) is 2.16. The number of carbonyl (C=O) groups excluding carboxylic acids is 1. The van der Waals surface area contributed by atoms with E-state index in [1.54, 1.807) is 30.3 Å². The summed E-state index contributed by atoms with van der Waals surface area (Å²) in [6.45, 7) is 4.08. The molecule has 1 aromatic carbocycles. The van der Waals surface area contributed by atoms with Crippen LogP contribution in [0, 0.1) is 5.92 Å². The zero-order chi connectivity index (χ0) is 16.9. The van der Waals surface area contributed by atoms with Gasteiger partial charge in [-0.15, -0.1) is 0 Å². The summed E-state index contributed by atoms with van der Waals surface area (Å²) in [6, 6.07) is 10.5. The summed E-state index contributed by atoms with van der Waals surface area (Å²) >= 11 is 0. The number of nitrogens with zero attached hydrogens (tertiary/aromatic N) is 1. The van der Waals surface area contributed by atoms with Crippen molar-refractivity contribution in [2.24, 2.45) is 5.92 Å². The highest BCUT2D eigenvalue weighted by molar-refractivity contribution is 7.93. The standard InChI is InChI=1S/C16H19N3O3S/c1-12(2)10-14-11-15(18-17-14)16(20)19-23(21,22)9-8-13-6-4-3-5-7-13/h3-9,11-12H,10H2,1-2H3,(H,17,18)(H,19,20)/b9-8+. The summed E-state index contributed by atoms with van der Waals surface area (Å²) in [7, 11) is -3.87. The molecule has 2 rings (SSSR count). The molecule has 6 nitrogen and oxygen atoms in total. The van der Waals surface area contributed by atoms with Crippen LogP contribution in [-0.4, -0.2) is 24.5 Å². The van der Waals surface area contributed by atoms with Gasteiger partial charge < -0.3 is 0 Å². The molecule has 0 bridgehead atoms. The Morgan fingerprint density at radius 1 is 1.30 bits per heavy atom. The molecule has 23 heavy (non-hydrogen) atoms. The second-order valence-electron chi connectivity index (χ2n) is 5.57. The van der Waals surface area contributed by atoms with Gasteiger partial charge in [-0.3, -0.25) is 9.89 Å². The average Bonchev–Trinajstić information content (AvgIpc) is 2.94. The zero-order valence-corrected chi connectivity index (χ0v) is 13.8. The Kier molecular flexibility index (Phi) is 5.33. The monoisotopic (exact) mass is 333 g/mol. The van der Waals surface area contributed by atoms with Gasteiger partial charge in [0.2, 0.25) is 0 Å². The highest BCUT2D eigenvalue weighted by Crippen LogP contribution is 2.08. The number of benzene rings is 1. The van der Waals surface area contributed by atoms with Crippen LogP contribution in [0.5, 0.6) is 0 Å². The Bertz CT molecular complexity index is 793. The molecule has 1 aromatic heterocycles. The van der Waals surface area contributed by atoms with Gasteiger partial charge >= 0.3 is 0 Å². The summed E-state index contributed by atoms with van der Waals surface area (Å²) < 4.78 is 25.8. The third-order valence-corrected chi connectivity index (χ3v) is 3.93. The zero-order valence-electron chi connectivity index (χ0n) is 13.0. The van der Waals surface area contributed by atoms with Crippen molar-refractivity contribution in [2.45, 2.75) is 20.3 Å². The maximum Gasteiger partial charge on any atom is 0.285 e. The SMILES string of the molecule is CC(C)Cc1cc(C(=O)NS(=O)(=O)/C=C/c2ccccc2)n[nH]1. The van der Waals surface area contributed by atoms with E-state index >= 15 is 0 Å². The number of carbonyl (C=O) groups is 1. The summed E-state index contributed by atoms with van der Waals surface area (Å²) in [5.74, 6) is -0.349. The van der Waals surface area contributed by atoms with E-state index in [2.05, 4.69) is 10.2 Å². The number of aromatic nitrogens is 2. The Hall–Kier alpha value is -2.41. The number of H-pyrrole nitrogens is 1. The first-order valence-electron chi connectivity index (χ1n) is 7.20. The number of hydrogen-bond donors (Lipinski definition) is 2. The predicted octanol–water partition coefficient (Wildman–Crippen LogP) is 2.34. The van der Waals surface area contributed by atoms with E-state index in [-0.39, 0.29) is 5.69 Å². The normalized spacial score (nSPS) is 12.0. The molecule has 2 N–H and O–H groups in total. The maximum absolute atomic E-state index is 12.0. The Morgan fingerprint density at radius 2 is 2.00 bits per heavy atom. The van der Waals surface area contributed by atoms with Gasteiger partial charge in [-0.2, -0.15) is 5.10 Å². The molecule has 0 fully saturated rings. The second kappa shape index (κ2) is 7.23. The maximum atomic E-state index is 12.0. The fourth-order valence-corrected chi connectivity index (χ4v) is 2.74. The number of hydrogen-bond acceptors (Lipinski definition) is 4. The predicted molar refractivity (Wildman–Crippen MR) is 89.0 cm³/mol. The Balaban J connectivity index is 2.03. The molecule has 1 amide bonds. The fourth-order valence-electron chi connectivity index (χ4n) is 1.97. The quantitative estimate of drug-likeness (QED) is 0.849. The molecule has 0 spiro atoms. The molecule has 0 saturated heterocycles. The van der Waals surface area contributed by atoms with Crippen LogP contribution in [0.4, 0.5) is 0 Å². The number of nitrogens with one attached hydrogen (secondary N) is 2. The van der Waals surface area contributed by atoms with Crippen LogP contribution >= 0.6 is 0 Å². The van der Waals surface area contributed by atoms with Gasteiger partial charge in [0, 0.05) is 5.69 Å². The van der Waals surface area contributed by atoms with Gasteiger partial charge in [-0.05, 0) is 30.0 Å². The van der Waals surface area contributed by atoms with Crippen LogP contribution in [0.25, 0.3) is 6.08 Å². The number of sulfonamides is 1.